The molecule has 0 spiro atoms. The molecule has 2 aliphatic rings. The summed E-state index contributed by atoms with van der Waals surface area (Å²) in [6, 6.07) is 11.5. The first-order chi connectivity index (χ1) is 15.1. The number of aliphatic hydroxyl groups is 1. The van der Waals surface area contributed by atoms with E-state index in [-0.39, 0.29) is 0 Å². The number of hydrogen-bond acceptors (Lipinski definition) is 6. The van der Waals surface area contributed by atoms with Crippen molar-refractivity contribution in [3.8, 4) is 11.3 Å². The summed E-state index contributed by atoms with van der Waals surface area (Å²) in [6.07, 6.45) is 9.83. The van der Waals surface area contributed by atoms with E-state index in [9.17, 15) is 5.11 Å². The molecule has 1 aliphatic heterocycles. The van der Waals surface area contributed by atoms with Crippen molar-refractivity contribution in [1.82, 2.24) is 20.0 Å². The second kappa shape index (κ2) is 8.78. The molecular weight excluding hydrogens is 392 g/mol. The largest absolute Gasteiger partial charge is 0.385 e. The quantitative estimate of drug-likeness (QED) is 0.581. The summed E-state index contributed by atoms with van der Waals surface area (Å²) in [7, 11) is 0. The number of nitrogens with zero attached hydrogens (tertiary/aromatic N) is 3. The Labute approximate surface area is 181 Å². The zero-order valence-corrected chi connectivity index (χ0v) is 17.6. The van der Waals surface area contributed by atoms with E-state index in [1.807, 2.05) is 16.8 Å². The van der Waals surface area contributed by atoms with Crippen molar-refractivity contribution in [2.24, 2.45) is 5.92 Å². The van der Waals surface area contributed by atoms with Gasteiger partial charge in [-0.3, -0.25) is 0 Å². The van der Waals surface area contributed by atoms with Crippen molar-refractivity contribution in [2.45, 2.75) is 44.5 Å². The molecule has 2 aromatic heterocycles. The average molecular weight is 421 g/mol. The van der Waals surface area contributed by atoms with Gasteiger partial charge < -0.3 is 24.3 Å². The maximum atomic E-state index is 9.80. The second-order valence-corrected chi connectivity index (χ2v) is 8.58. The van der Waals surface area contributed by atoms with Gasteiger partial charge in [0.1, 0.15) is 17.6 Å². The van der Waals surface area contributed by atoms with Crippen LogP contribution in [-0.4, -0.2) is 45.1 Å². The Bertz CT molecular complexity index is 1030. The average Bonchev–Trinajstić information content (AvgIpc) is 3.35. The minimum atomic E-state index is -0.624. The Hall–Kier alpha value is -2.74. The van der Waals surface area contributed by atoms with Gasteiger partial charge in [0.2, 0.25) is 0 Å². The number of allylic oxidation sites excluding steroid dienone is 1. The number of imidazole rings is 1. The van der Waals surface area contributed by atoms with Crippen LogP contribution in [0.4, 0.5) is 0 Å². The van der Waals surface area contributed by atoms with Crippen molar-refractivity contribution < 1.29 is 14.4 Å². The summed E-state index contributed by atoms with van der Waals surface area (Å²) in [5.41, 5.74) is 2.97. The fourth-order valence-electron chi connectivity index (χ4n) is 4.15. The predicted octanol–water partition coefficient (Wildman–Crippen LogP) is 3.42. The zero-order valence-electron chi connectivity index (χ0n) is 17.6. The molecule has 0 bridgehead atoms. The number of aromatic nitrogens is 3. The van der Waals surface area contributed by atoms with Crippen molar-refractivity contribution in [3.05, 3.63) is 65.9 Å². The van der Waals surface area contributed by atoms with Crippen LogP contribution < -0.4 is 5.32 Å². The number of nitrogens with one attached hydrogen (secondary N) is 1. The maximum absolute atomic E-state index is 9.80. The highest BCUT2D eigenvalue weighted by atomic mass is 16.5. The number of aliphatic hydroxyl groups excluding tert-OH is 1. The fourth-order valence-corrected chi connectivity index (χ4v) is 4.15. The van der Waals surface area contributed by atoms with Crippen molar-refractivity contribution in [2.75, 3.05) is 13.2 Å². The maximum Gasteiger partial charge on any atom is 0.167 e. The van der Waals surface area contributed by atoms with Crippen molar-refractivity contribution >= 4 is 6.08 Å². The van der Waals surface area contributed by atoms with Gasteiger partial charge in [-0.05, 0) is 31.2 Å². The molecule has 1 aliphatic carbocycles. The van der Waals surface area contributed by atoms with Gasteiger partial charge in [0.25, 0.3) is 0 Å². The monoisotopic (exact) mass is 420 g/mol. The van der Waals surface area contributed by atoms with Crippen LogP contribution >= 0.6 is 0 Å². The molecule has 7 nitrogen and oxygen atoms in total. The third-order valence-electron chi connectivity index (χ3n) is 6.05. The number of hydrogen-bond donors (Lipinski definition) is 2. The Morgan fingerprint density at radius 3 is 2.74 bits per heavy atom. The molecule has 1 saturated heterocycles. The van der Waals surface area contributed by atoms with Gasteiger partial charge >= 0.3 is 0 Å². The summed E-state index contributed by atoms with van der Waals surface area (Å²) < 4.78 is 12.6. The summed E-state index contributed by atoms with van der Waals surface area (Å²) >= 11 is 0. The molecule has 2 fully saturated rings. The van der Waals surface area contributed by atoms with Gasteiger partial charge in [0.05, 0.1) is 25.8 Å². The number of rotatable bonds is 8. The van der Waals surface area contributed by atoms with Crippen LogP contribution in [0.5, 0.6) is 0 Å². The highest BCUT2D eigenvalue weighted by molar-refractivity contribution is 5.61. The van der Waals surface area contributed by atoms with Gasteiger partial charge in [-0.25, -0.2) is 4.98 Å². The Morgan fingerprint density at radius 1 is 1.23 bits per heavy atom. The molecule has 2 N–H and O–H groups in total. The lowest BCUT2D eigenvalue weighted by atomic mass is 9.79. The van der Waals surface area contributed by atoms with Gasteiger partial charge in [-0.2, -0.15) is 0 Å². The standard InChI is InChI=1S/C24H28N4O3/c1-16(29)24-25-8-9-28(24)13-21-12-23(31-27-21)19-6-4-17(5-7-19)2-3-18-10-20(11-18)26-22-14-30-15-22/h2-9,12,16,18,20,22,26,29H,10-11,13-15H2,1H3/b3-2+/t16-,18?,20?/m0/s1. The lowest BCUT2D eigenvalue weighted by molar-refractivity contribution is -0.0166. The molecule has 31 heavy (non-hydrogen) atoms. The normalized spacial score (nSPS) is 22.4. The Kier molecular flexibility index (Phi) is 5.72. The van der Waals surface area contributed by atoms with E-state index in [1.54, 1.807) is 13.1 Å². The molecule has 7 heteroatoms. The lowest BCUT2D eigenvalue weighted by Gasteiger charge is -2.39. The Balaban J connectivity index is 1.15. The van der Waals surface area contributed by atoms with E-state index in [0.29, 0.717) is 30.4 Å². The predicted molar refractivity (Wildman–Crippen MR) is 117 cm³/mol. The van der Waals surface area contributed by atoms with Crippen LogP contribution in [0.2, 0.25) is 0 Å². The van der Waals surface area contributed by atoms with Crippen molar-refractivity contribution in [1.29, 1.82) is 0 Å². The van der Waals surface area contributed by atoms with Gasteiger partial charge in [0.15, 0.2) is 5.76 Å². The molecule has 0 unspecified atom stereocenters. The molecule has 162 valence electrons. The molecule has 1 saturated carbocycles. The van der Waals surface area contributed by atoms with Gasteiger partial charge in [-0.15, -0.1) is 0 Å². The summed E-state index contributed by atoms with van der Waals surface area (Å²) in [4.78, 5) is 4.19. The second-order valence-electron chi connectivity index (χ2n) is 8.58. The molecule has 0 amide bonds. The lowest BCUT2D eigenvalue weighted by Crippen LogP contribution is -2.54. The van der Waals surface area contributed by atoms with Crippen LogP contribution in [0.3, 0.4) is 0 Å². The Morgan fingerprint density at radius 2 is 2.03 bits per heavy atom. The van der Waals surface area contributed by atoms with Crippen LogP contribution in [-0.2, 0) is 11.3 Å². The number of benzene rings is 1. The first-order valence-corrected chi connectivity index (χ1v) is 10.9. The first-order valence-electron chi connectivity index (χ1n) is 10.9. The topological polar surface area (TPSA) is 85.3 Å². The van der Waals surface area contributed by atoms with Crippen LogP contribution in [0.15, 0.2) is 53.3 Å². The highest BCUT2D eigenvalue weighted by Gasteiger charge is 2.30. The van der Waals surface area contributed by atoms with E-state index < -0.39 is 6.10 Å². The van der Waals surface area contributed by atoms with Crippen LogP contribution in [0.1, 0.15) is 43.0 Å². The molecule has 3 heterocycles. The summed E-state index contributed by atoms with van der Waals surface area (Å²) in [5, 5.41) is 17.6. The number of ether oxygens (including phenoxy) is 1. The first kappa shape index (κ1) is 20.2. The van der Waals surface area contributed by atoms with Crippen LogP contribution in [0, 0.1) is 5.92 Å². The third-order valence-corrected chi connectivity index (χ3v) is 6.05. The molecule has 1 atom stereocenters. The third kappa shape index (κ3) is 4.63. The van der Waals surface area contributed by atoms with Crippen LogP contribution in [0.25, 0.3) is 17.4 Å². The fraction of sp³-hybridized carbons (Fsp3) is 0.417. The molecule has 1 aromatic carbocycles. The van der Waals surface area contributed by atoms with E-state index in [2.05, 4.69) is 51.9 Å². The molecule has 5 rings (SSSR count). The SMILES string of the molecule is C[C@H](O)c1nccn1Cc1cc(-c2ccc(/C=C/C3CC(NC4COC4)C3)cc2)on1. The minimum absolute atomic E-state index is 0.509. The van der Waals surface area contributed by atoms with Crippen molar-refractivity contribution in [3.63, 3.8) is 0 Å². The van der Waals surface area contributed by atoms with E-state index in [4.69, 9.17) is 9.26 Å². The van der Waals surface area contributed by atoms with E-state index >= 15 is 0 Å². The zero-order chi connectivity index (χ0) is 21.2. The van der Waals surface area contributed by atoms with E-state index in [1.165, 1.54) is 18.4 Å². The van der Waals surface area contributed by atoms with Gasteiger partial charge in [-0.1, -0.05) is 41.6 Å². The summed E-state index contributed by atoms with van der Waals surface area (Å²) in [6.45, 7) is 3.94. The minimum Gasteiger partial charge on any atom is -0.385 e. The molecule has 0 radical (unpaired) electrons. The molecule has 3 aromatic rings. The van der Waals surface area contributed by atoms with Gasteiger partial charge in [0, 0.05) is 30.1 Å². The molecular formula is C24H28N4O3. The van der Waals surface area contributed by atoms with E-state index in [0.717, 1.165) is 30.2 Å². The smallest absolute Gasteiger partial charge is 0.167 e. The summed E-state index contributed by atoms with van der Waals surface area (Å²) in [5.74, 6) is 2.01. The highest BCUT2D eigenvalue weighted by Crippen LogP contribution is 2.30.